The zero-order valence-corrected chi connectivity index (χ0v) is 11.3. The van der Waals surface area contributed by atoms with Crippen molar-refractivity contribution in [2.75, 3.05) is 0 Å². The van der Waals surface area contributed by atoms with Crippen LogP contribution < -0.4 is 0 Å². The molecule has 1 aromatic carbocycles. The molecule has 22 heavy (non-hydrogen) atoms. The van der Waals surface area contributed by atoms with Crippen LogP contribution in [0.4, 0.5) is 13.2 Å². The lowest BCUT2D eigenvalue weighted by Crippen LogP contribution is -2.06. The molecule has 2 bridgehead atoms. The van der Waals surface area contributed by atoms with E-state index in [0.29, 0.717) is 11.1 Å². The van der Waals surface area contributed by atoms with E-state index in [0.717, 1.165) is 29.5 Å². The molecule has 0 radical (unpaired) electrons. The quantitative estimate of drug-likeness (QED) is 0.842. The van der Waals surface area contributed by atoms with Crippen LogP contribution in [0, 0.1) is 0 Å². The number of benzene rings is 1. The Labute approximate surface area is 123 Å². The van der Waals surface area contributed by atoms with Crippen LogP contribution in [0.25, 0.3) is 5.69 Å². The third-order valence-corrected chi connectivity index (χ3v) is 4.29. The minimum Gasteiger partial charge on any atom is -0.494 e. The number of rotatable bonds is 1. The fraction of sp³-hybridized carbons (Fsp3) is 0.333. The van der Waals surface area contributed by atoms with Crippen molar-refractivity contribution in [3.8, 4) is 17.4 Å². The molecule has 0 amide bonds. The summed E-state index contributed by atoms with van der Waals surface area (Å²) in [6, 6.07) is 4.50. The van der Waals surface area contributed by atoms with Crippen LogP contribution >= 0.6 is 0 Å². The molecule has 2 aliphatic heterocycles. The van der Waals surface area contributed by atoms with Gasteiger partial charge in [-0.2, -0.15) is 13.2 Å². The van der Waals surface area contributed by atoms with Crippen molar-refractivity contribution in [1.29, 1.82) is 0 Å². The highest BCUT2D eigenvalue weighted by molar-refractivity contribution is 5.57. The standard InChI is InChI=1S/C15H12F3NO3/c16-15(17,18)7-2-1-3-8(6-7)19-13(20)11-9-4-5-10(22-9)12(11)14(19)21/h1-3,6,9-10,20-21H,4-5H2/t9-,10+. The molecule has 0 spiro atoms. The van der Waals surface area contributed by atoms with Gasteiger partial charge in [-0.1, -0.05) is 6.07 Å². The third kappa shape index (κ3) is 1.68. The van der Waals surface area contributed by atoms with E-state index in [-0.39, 0.29) is 29.7 Å². The Bertz CT molecular complexity index is 733. The van der Waals surface area contributed by atoms with Crippen LogP contribution in [0.2, 0.25) is 0 Å². The average molecular weight is 311 g/mol. The van der Waals surface area contributed by atoms with Crippen LogP contribution in [0.3, 0.4) is 0 Å². The molecule has 2 aromatic rings. The lowest BCUT2D eigenvalue weighted by atomic mass is 9.95. The average Bonchev–Trinajstić information content (AvgIpc) is 3.12. The number of aromatic nitrogens is 1. The summed E-state index contributed by atoms with van der Waals surface area (Å²) in [5.41, 5.74) is 0.216. The summed E-state index contributed by atoms with van der Waals surface area (Å²) in [4.78, 5) is 0. The second-order valence-corrected chi connectivity index (χ2v) is 5.55. The Hall–Kier alpha value is -2.15. The third-order valence-electron chi connectivity index (χ3n) is 4.29. The fourth-order valence-corrected chi connectivity index (χ4v) is 3.34. The number of alkyl halides is 3. The first kappa shape index (κ1) is 13.5. The Morgan fingerprint density at radius 1 is 1.05 bits per heavy atom. The number of hydrogen-bond acceptors (Lipinski definition) is 3. The van der Waals surface area contributed by atoms with Crippen molar-refractivity contribution in [2.24, 2.45) is 0 Å². The van der Waals surface area contributed by atoms with Gasteiger partial charge in [-0.15, -0.1) is 0 Å². The molecular weight excluding hydrogens is 299 g/mol. The molecular formula is C15H12F3NO3. The minimum atomic E-state index is -4.49. The van der Waals surface area contributed by atoms with E-state index in [1.165, 1.54) is 12.1 Å². The van der Waals surface area contributed by atoms with Gasteiger partial charge < -0.3 is 14.9 Å². The first-order valence-corrected chi connectivity index (χ1v) is 6.87. The van der Waals surface area contributed by atoms with E-state index in [2.05, 4.69) is 0 Å². The summed E-state index contributed by atoms with van der Waals surface area (Å²) in [6.45, 7) is 0. The predicted octanol–water partition coefficient (Wildman–Crippen LogP) is 3.81. The fourth-order valence-electron chi connectivity index (χ4n) is 3.34. The summed E-state index contributed by atoms with van der Waals surface area (Å²) >= 11 is 0. The molecule has 0 unspecified atom stereocenters. The lowest BCUT2D eigenvalue weighted by molar-refractivity contribution is -0.137. The van der Waals surface area contributed by atoms with Crippen LogP contribution in [0.5, 0.6) is 11.8 Å². The van der Waals surface area contributed by atoms with Gasteiger partial charge >= 0.3 is 6.18 Å². The molecule has 4 nitrogen and oxygen atoms in total. The second kappa shape index (κ2) is 4.19. The Balaban J connectivity index is 1.89. The van der Waals surface area contributed by atoms with E-state index in [1.54, 1.807) is 0 Å². The number of nitrogens with zero attached hydrogens (tertiary/aromatic N) is 1. The van der Waals surface area contributed by atoms with E-state index in [9.17, 15) is 23.4 Å². The molecule has 2 aliphatic rings. The van der Waals surface area contributed by atoms with Gasteiger partial charge in [0, 0.05) is 0 Å². The maximum absolute atomic E-state index is 12.8. The highest BCUT2D eigenvalue weighted by atomic mass is 19.4. The molecule has 4 rings (SSSR count). The summed E-state index contributed by atoms with van der Waals surface area (Å²) in [7, 11) is 0. The van der Waals surface area contributed by atoms with Gasteiger partial charge in [-0.3, -0.25) is 4.57 Å². The molecule has 1 aromatic heterocycles. The maximum atomic E-state index is 12.8. The Morgan fingerprint density at radius 2 is 1.64 bits per heavy atom. The van der Waals surface area contributed by atoms with E-state index in [4.69, 9.17) is 4.74 Å². The molecule has 1 fully saturated rings. The topological polar surface area (TPSA) is 54.6 Å². The lowest BCUT2D eigenvalue weighted by Gasteiger charge is -2.12. The number of aromatic hydroxyl groups is 2. The monoisotopic (exact) mass is 311 g/mol. The van der Waals surface area contributed by atoms with E-state index in [1.807, 2.05) is 0 Å². The van der Waals surface area contributed by atoms with Crippen molar-refractivity contribution in [2.45, 2.75) is 31.2 Å². The zero-order valence-electron chi connectivity index (χ0n) is 11.3. The molecule has 1 saturated heterocycles. The van der Waals surface area contributed by atoms with E-state index >= 15 is 0 Å². The first-order chi connectivity index (χ1) is 10.4. The molecule has 0 aliphatic carbocycles. The molecule has 2 atom stereocenters. The van der Waals surface area contributed by atoms with Crippen molar-refractivity contribution in [3.05, 3.63) is 41.0 Å². The number of fused-ring (bicyclic) bond motifs is 5. The van der Waals surface area contributed by atoms with Gasteiger partial charge in [0.05, 0.1) is 34.6 Å². The molecule has 0 saturated carbocycles. The molecule has 3 heterocycles. The molecule has 2 N–H and O–H groups in total. The van der Waals surface area contributed by atoms with Gasteiger partial charge in [0.25, 0.3) is 0 Å². The SMILES string of the molecule is Oc1c2c(c(O)n1-c1cccc(C(F)(F)F)c1)[C@H]1CC[C@@H]2O1. The van der Waals surface area contributed by atoms with Gasteiger partial charge in [0.15, 0.2) is 0 Å². The van der Waals surface area contributed by atoms with Gasteiger partial charge in [0.1, 0.15) is 0 Å². The minimum absolute atomic E-state index is 0.0682. The number of hydrogen-bond donors (Lipinski definition) is 2. The summed E-state index contributed by atoms with van der Waals surface area (Å²) in [5, 5.41) is 20.7. The first-order valence-electron chi connectivity index (χ1n) is 6.87. The molecule has 7 heteroatoms. The normalized spacial score (nSPS) is 23.0. The Kier molecular flexibility index (Phi) is 2.57. The predicted molar refractivity (Wildman–Crippen MR) is 69.9 cm³/mol. The van der Waals surface area contributed by atoms with Gasteiger partial charge in [-0.05, 0) is 31.0 Å². The van der Waals surface area contributed by atoms with Gasteiger partial charge in [-0.25, -0.2) is 0 Å². The van der Waals surface area contributed by atoms with Crippen molar-refractivity contribution >= 4 is 0 Å². The van der Waals surface area contributed by atoms with Crippen molar-refractivity contribution in [1.82, 2.24) is 4.57 Å². The zero-order chi connectivity index (χ0) is 15.6. The van der Waals surface area contributed by atoms with Crippen LogP contribution in [-0.4, -0.2) is 14.8 Å². The summed E-state index contributed by atoms with van der Waals surface area (Å²) in [5.74, 6) is -0.502. The molecule has 116 valence electrons. The van der Waals surface area contributed by atoms with Crippen LogP contribution in [0.15, 0.2) is 24.3 Å². The summed E-state index contributed by atoms with van der Waals surface area (Å²) < 4.78 is 45.1. The largest absolute Gasteiger partial charge is 0.494 e. The van der Waals surface area contributed by atoms with Crippen molar-refractivity contribution in [3.63, 3.8) is 0 Å². The number of halogens is 3. The van der Waals surface area contributed by atoms with Gasteiger partial charge in [0.2, 0.25) is 11.8 Å². The van der Waals surface area contributed by atoms with Crippen LogP contribution in [-0.2, 0) is 10.9 Å². The highest BCUT2D eigenvalue weighted by Gasteiger charge is 2.45. The Morgan fingerprint density at radius 3 is 2.18 bits per heavy atom. The highest BCUT2D eigenvalue weighted by Crippen LogP contribution is 2.58. The number of ether oxygens (including phenoxy) is 1. The van der Waals surface area contributed by atoms with E-state index < -0.39 is 11.7 Å². The maximum Gasteiger partial charge on any atom is 0.416 e. The second-order valence-electron chi connectivity index (χ2n) is 5.55. The summed E-state index contributed by atoms with van der Waals surface area (Å²) in [6.07, 6.45) is -3.61. The smallest absolute Gasteiger partial charge is 0.416 e. The van der Waals surface area contributed by atoms with Crippen LogP contribution in [0.1, 0.15) is 41.7 Å². The van der Waals surface area contributed by atoms with Crippen molar-refractivity contribution < 1.29 is 28.1 Å².